The number of rotatable bonds is 3. The fourth-order valence-electron chi connectivity index (χ4n) is 2.08. The quantitative estimate of drug-likeness (QED) is 0.846. The minimum atomic E-state index is -2.24. The van der Waals surface area contributed by atoms with Crippen LogP contribution < -0.4 is 5.32 Å². The van der Waals surface area contributed by atoms with Crippen LogP contribution in [0.3, 0.4) is 0 Å². The molecule has 0 aromatic heterocycles. The molecule has 1 N–H and O–H groups in total. The molecule has 1 heterocycles. The number of halogens is 2. The van der Waals surface area contributed by atoms with Crippen molar-refractivity contribution in [3.8, 4) is 0 Å². The van der Waals surface area contributed by atoms with Crippen LogP contribution in [-0.4, -0.2) is 37.5 Å². The summed E-state index contributed by atoms with van der Waals surface area (Å²) in [7, 11) is 0. The second-order valence-electron chi connectivity index (χ2n) is 4.07. The third-order valence-electron chi connectivity index (χ3n) is 2.86. The lowest BCUT2D eigenvalue weighted by molar-refractivity contribution is 0.0728. The first-order chi connectivity index (χ1) is 7.75. The largest absolute Gasteiger partial charge is 0.308 e. The van der Waals surface area contributed by atoms with Gasteiger partial charge in [0.25, 0.3) is 6.43 Å². The molecule has 2 rings (SSSR count). The fourth-order valence-corrected chi connectivity index (χ4v) is 2.08. The van der Waals surface area contributed by atoms with E-state index < -0.39 is 6.43 Å². The zero-order chi connectivity index (χ0) is 11.4. The van der Waals surface area contributed by atoms with Gasteiger partial charge in [0.05, 0.1) is 6.54 Å². The third kappa shape index (κ3) is 3.00. The summed E-state index contributed by atoms with van der Waals surface area (Å²) in [6.07, 6.45) is -2.24. The summed E-state index contributed by atoms with van der Waals surface area (Å²) in [5.74, 6) is 0. The zero-order valence-corrected chi connectivity index (χ0v) is 9.07. The van der Waals surface area contributed by atoms with Crippen LogP contribution >= 0.6 is 0 Å². The van der Waals surface area contributed by atoms with Crippen molar-refractivity contribution in [2.75, 3.05) is 26.2 Å². The SMILES string of the molecule is FC(F)CN1CCNC(c2ccccc2)C1. The van der Waals surface area contributed by atoms with Crippen molar-refractivity contribution in [2.24, 2.45) is 0 Å². The average molecular weight is 226 g/mol. The van der Waals surface area contributed by atoms with E-state index >= 15 is 0 Å². The number of benzene rings is 1. The molecule has 1 aliphatic rings. The molecule has 0 radical (unpaired) electrons. The lowest BCUT2D eigenvalue weighted by atomic mass is 10.0. The normalized spacial score (nSPS) is 22.6. The van der Waals surface area contributed by atoms with Gasteiger partial charge in [0.2, 0.25) is 0 Å². The predicted octanol–water partition coefficient (Wildman–Crippen LogP) is 1.90. The summed E-state index contributed by atoms with van der Waals surface area (Å²) in [5.41, 5.74) is 1.17. The van der Waals surface area contributed by atoms with E-state index in [0.29, 0.717) is 13.1 Å². The van der Waals surface area contributed by atoms with E-state index in [1.165, 1.54) is 5.56 Å². The molecule has 88 valence electrons. The first-order valence-electron chi connectivity index (χ1n) is 5.54. The summed E-state index contributed by atoms with van der Waals surface area (Å²) in [6, 6.07) is 10.1. The molecule has 1 fully saturated rings. The Kier molecular flexibility index (Phi) is 3.85. The Morgan fingerprint density at radius 1 is 1.31 bits per heavy atom. The lowest BCUT2D eigenvalue weighted by Gasteiger charge is -2.33. The summed E-state index contributed by atoms with van der Waals surface area (Å²) >= 11 is 0. The highest BCUT2D eigenvalue weighted by molar-refractivity contribution is 5.19. The van der Waals surface area contributed by atoms with Crippen molar-refractivity contribution in [1.29, 1.82) is 0 Å². The summed E-state index contributed by atoms with van der Waals surface area (Å²) in [5, 5.41) is 3.35. The van der Waals surface area contributed by atoms with Gasteiger partial charge in [-0.25, -0.2) is 8.78 Å². The van der Waals surface area contributed by atoms with E-state index in [0.717, 1.165) is 6.54 Å². The Hall–Kier alpha value is -1.00. The highest BCUT2D eigenvalue weighted by Crippen LogP contribution is 2.17. The van der Waals surface area contributed by atoms with Crippen LogP contribution in [0.5, 0.6) is 0 Å². The van der Waals surface area contributed by atoms with Gasteiger partial charge in [0, 0.05) is 25.7 Å². The number of piperazine rings is 1. The maximum Gasteiger partial charge on any atom is 0.251 e. The molecule has 1 saturated heterocycles. The van der Waals surface area contributed by atoms with Gasteiger partial charge in [-0.2, -0.15) is 0 Å². The maximum absolute atomic E-state index is 12.3. The van der Waals surface area contributed by atoms with Crippen molar-refractivity contribution in [3.05, 3.63) is 35.9 Å². The van der Waals surface area contributed by atoms with Crippen molar-refractivity contribution >= 4 is 0 Å². The number of nitrogens with zero attached hydrogens (tertiary/aromatic N) is 1. The van der Waals surface area contributed by atoms with Gasteiger partial charge < -0.3 is 5.32 Å². The number of hydrogen-bond donors (Lipinski definition) is 1. The van der Waals surface area contributed by atoms with E-state index in [-0.39, 0.29) is 12.6 Å². The molecule has 0 saturated carbocycles. The molecule has 1 unspecified atom stereocenters. The molecule has 0 amide bonds. The highest BCUT2D eigenvalue weighted by Gasteiger charge is 2.22. The van der Waals surface area contributed by atoms with Crippen LogP contribution in [0.2, 0.25) is 0 Å². The van der Waals surface area contributed by atoms with Gasteiger partial charge in [-0.05, 0) is 5.56 Å². The first-order valence-corrected chi connectivity index (χ1v) is 5.54. The molecule has 16 heavy (non-hydrogen) atoms. The molecule has 4 heteroatoms. The Bertz CT molecular complexity index is 316. The second-order valence-corrected chi connectivity index (χ2v) is 4.07. The number of hydrogen-bond acceptors (Lipinski definition) is 2. The lowest BCUT2D eigenvalue weighted by Crippen LogP contribution is -2.47. The molecule has 1 aromatic rings. The minimum absolute atomic E-state index is 0.120. The Morgan fingerprint density at radius 2 is 2.06 bits per heavy atom. The van der Waals surface area contributed by atoms with Gasteiger partial charge in [0.1, 0.15) is 0 Å². The second kappa shape index (κ2) is 5.37. The average Bonchev–Trinajstić information content (AvgIpc) is 2.30. The van der Waals surface area contributed by atoms with E-state index in [1.807, 2.05) is 35.2 Å². The third-order valence-corrected chi connectivity index (χ3v) is 2.86. The van der Waals surface area contributed by atoms with Crippen LogP contribution in [0.15, 0.2) is 30.3 Å². The molecular weight excluding hydrogens is 210 g/mol. The van der Waals surface area contributed by atoms with Crippen LogP contribution in [0.1, 0.15) is 11.6 Å². The van der Waals surface area contributed by atoms with Gasteiger partial charge in [-0.15, -0.1) is 0 Å². The molecule has 1 atom stereocenters. The van der Waals surface area contributed by atoms with Gasteiger partial charge in [-0.3, -0.25) is 4.90 Å². The van der Waals surface area contributed by atoms with Crippen molar-refractivity contribution in [3.63, 3.8) is 0 Å². The monoisotopic (exact) mass is 226 g/mol. The van der Waals surface area contributed by atoms with Crippen LogP contribution in [-0.2, 0) is 0 Å². The van der Waals surface area contributed by atoms with Crippen molar-refractivity contribution < 1.29 is 8.78 Å². The van der Waals surface area contributed by atoms with Gasteiger partial charge >= 0.3 is 0 Å². The van der Waals surface area contributed by atoms with Gasteiger partial charge in [0.15, 0.2) is 0 Å². The highest BCUT2D eigenvalue weighted by atomic mass is 19.3. The smallest absolute Gasteiger partial charge is 0.251 e. The van der Waals surface area contributed by atoms with Crippen LogP contribution in [0.4, 0.5) is 8.78 Å². The molecule has 0 aliphatic carbocycles. The number of nitrogens with one attached hydrogen (secondary N) is 1. The van der Waals surface area contributed by atoms with E-state index in [2.05, 4.69) is 5.32 Å². The van der Waals surface area contributed by atoms with Crippen molar-refractivity contribution in [1.82, 2.24) is 10.2 Å². The Morgan fingerprint density at radius 3 is 2.75 bits per heavy atom. The maximum atomic E-state index is 12.3. The summed E-state index contributed by atoms with van der Waals surface area (Å²) in [6.45, 7) is 2.01. The fraction of sp³-hybridized carbons (Fsp3) is 0.500. The van der Waals surface area contributed by atoms with Gasteiger partial charge in [-0.1, -0.05) is 30.3 Å². The van der Waals surface area contributed by atoms with Crippen molar-refractivity contribution in [2.45, 2.75) is 12.5 Å². The molecule has 0 spiro atoms. The predicted molar refractivity (Wildman–Crippen MR) is 59.6 cm³/mol. The summed E-state index contributed by atoms with van der Waals surface area (Å²) in [4.78, 5) is 1.82. The zero-order valence-electron chi connectivity index (χ0n) is 9.07. The van der Waals surface area contributed by atoms with E-state index in [4.69, 9.17) is 0 Å². The van der Waals surface area contributed by atoms with E-state index in [1.54, 1.807) is 0 Å². The Labute approximate surface area is 94.3 Å². The standard InChI is InChI=1S/C12H16F2N2/c13-12(14)9-16-7-6-15-11(8-16)10-4-2-1-3-5-10/h1-5,11-12,15H,6-9H2. The van der Waals surface area contributed by atoms with E-state index in [9.17, 15) is 8.78 Å². The molecular formula is C12H16F2N2. The minimum Gasteiger partial charge on any atom is -0.308 e. The molecule has 1 aliphatic heterocycles. The van der Waals surface area contributed by atoms with Crippen LogP contribution in [0.25, 0.3) is 0 Å². The number of alkyl halides is 2. The molecule has 0 bridgehead atoms. The molecule has 1 aromatic carbocycles. The Balaban J connectivity index is 1.97. The topological polar surface area (TPSA) is 15.3 Å². The summed E-state index contributed by atoms with van der Waals surface area (Å²) < 4.78 is 24.6. The van der Waals surface area contributed by atoms with Crippen LogP contribution in [0, 0.1) is 0 Å². The first kappa shape index (κ1) is 11.5. The molecule has 2 nitrogen and oxygen atoms in total.